The van der Waals surface area contributed by atoms with Gasteiger partial charge < -0.3 is 14.4 Å². The van der Waals surface area contributed by atoms with Gasteiger partial charge in [-0.1, -0.05) is 30.3 Å². The molecular weight excluding hydrogens is 438 g/mol. The quantitative estimate of drug-likeness (QED) is 0.680. The monoisotopic (exact) mass is 463 g/mol. The smallest absolute Gasteiger partial charge is 0.410 e. The van der Waals surface area contributed by atoms with Crippen molar-refractivity contribution in [2.45, 2.75) is 51.9 Å². The number of aromatic nitrogens is 2. The Bertz CT molecular complexity index is 900. The number of hydrogen-bond acceptors (Lipinski definition) is 5. The Morgan fingerprint density at radius 3 is 2.48 bits per heavy atom. The molecule has 0 aliphatic carbocycles. The molecule has 1 amide bonds. The molecule has 2 heterocycles. The highest BCUT2D eigenvalue weighted by Gasteiger charge is 2.28. The van der Waals surface area contributed by atoms with E-state index in [4.69, 9.17) is 9.47 Å². The molecule has 8 heteroatoms. The average molecular weight is 464 g/mol. The number of carbonyl (C=O) groups is 1. The van der Waals surface area contributed by atoms with E-state index in [0.717, 1.165) is 5.56 Å². The maximum Gasteiger partial charge on any atom is 0.410 e. The summed E-state index contributed by atoms with van der Waals surface area (Å²) in [5, 5.41) is 0. The Morgan fingerprint density at radius 2 is 1.86 bits per heavy atom. The summed E-state index contributed by atoms with van der Waals surface area (Å²) in [4.78, 5) is 31.0. The van der Waals surface area contributed by atoms with Gasteiger partial charge in [0.1, 0.15) is 23.0 Å². The van der Waals surface area contributed by atoms with Crippen LogP contribution < -0.4 is 10.3 Å². The van der Waals surface area contributed by atoms with Gasteiger partial charge in [0.25, 0.3) is 5.56 Å². The van der Waals surface area contributed by atoms with Crippen LogP contribution in [0.3, 0.4) is 0 Å². The molecule has 3 rings (SSSR count). The van der Waals surface area contributed by atoms with E-state index >= 15 is 0 Å². The molecule has 0 unspecified atom stereocenters. The van der Waals surface area contributed by atoms with Crippen LogP contribution in [0.15, 0.2) is 45.9 Å². The van der Waals surface area contributed by atoms with E-state index in [2.05, 4.69) is 20.9 Å². The summed E-state index contributed by atoms with van der Waals surface area (Å²) >= 11 is 3.33. The number of nitrogens with zero attached hydrogens (tertiary/aromatic N) is 3. The molecule has 2 aromatic rings. The van der Waals surface area contributed by atoms with Crippen molar-refractivity contribution < 1.29 is 14.3 Å². The third kappa shape index (κ3) is 5.59. The van der Waals surface area contributed by atoms with Crippen LogP contribution in [0.2, 0.25) is 0 Å². The fourth-order valence-electron chi connectivity index (χ4n) is 3.17. The summed E-state index contributed by atoms with van der Waals surface area (Å²) in [5.41, 5.74) is 0.300. The predicted molar refractivity (Wildman–Crippen MR) is 113 cm³/mol. The summed E-state index contributed by atoms with van der Waals surface area (Å²) in [6.07, 6.45) is 2.54. The SMILES string of the molecule is CC(C)(C)OC(=O)N1CCC(n2cnc(OCc3ccccc3)c(Br)c2=O)CC1. The second-order valence-electron chi connectivity index (χ2n) is 8.05. The van der Waals surface area contributed by atoms with Crippen molar-refractivity contribution in [1.82, 2.24) is 14.5 Å². The Morgan fingerprint density at radius 1 is 1.21 bits per heavy atom. The van der Waals surface area contributed by atoms with Crippen molar-refractivity contribution >= 4 is 22.0 Å². The van der Waals surface area contributed by atoms with Gasteiger partial charge in [0, 0.05) is 19.1 Å². The standard InChI is InChI=1S/C21H26BrN3O4/c1-21(2,3)29-20(27)24-11-9-16(10-12-24)25-14-23-18(17(22)19(25)26)28-13-15-7-5-4-6-8-15/h4-8,14,16H,9-13H2,1-3H3. The average Bonchev–Trinajstić information content (AvgIpc) is 2.69. The predicted octanol–water partition coefficient (Wildman–Crippen LogP) is 4.16. The Kier molecular flexibility index (Phi) is 6.62. The zero-order valence-electron chi connectivity index (χ0n) is 16.9. The Balaban J connectivity index is 1.63. The van der Waals surface area contributed by atoms with Crippen LogP contribution in [0.5, 0.6) is 5.88 Å². The highest BCUT2D eigenvalue weighted by Crippen LogP contribution is 2.25. The molecule has 0 atom stereocenters. The molecule has 29 heavy (non-hydrogen) atoms. The zero-order chi connectivity index (χ0) is 21.0. The molecule has 0 saturated carbocycles. The molecule has 1 aliphatic rings. The van der Waals surface area contributed by atoms with Gasteiger partial charge in [-0.05, 0) is 55.1 Å². The van der Waals surface area contributed by atoms with Gasteiger partial charge in [0.2, 0.25) is 5.88 Å². The molecule has 1 aromatic heterocycles. The molecule has 0 radical (unpaired) electrons. The minimum atomic E-state index is -0.519. The number of ether oxygens (including phenoxy) is 2. The molecule has 1 fully saturated rings. The molecule has 1 aliphatic heterocycles. The lowest BCUT2D eigenvalue weighted by Crippen LogP contribution is -2.43. The Labute approximate surface area is 178 Å². The third-order valence-electron chi connectivity index (χ3n) is 4.64. The number of benzene rings is 1. The number of halogens is 1. The van der Waals surface area contributed by atoms with Crippen LogP contribution in [-0.4, -0.2) is 39.2 Å². The van der Waals surface area contributed by atoms with E-state index < -0.39 is 5.60 Å². The maximum absolute atomic E-state index is 12.8. The summed E-state index contributed by atoms with van der Waals surface area (Å²) < 4.78 is 13.0. The largest absolute Gasteiger partial charge is 0.472 e. The van der Waals surface area contributed by atoms with Crippen LogP contribution >= 0.6 is 15.9 Å². The summed E-state index contributed by atoms with van der Waals surface area (Å²) in [6, 6.07) is 9.69. The van der Waals surface area contributed by atoms with Crippen LogP contribution in [-0.2, 0) is 11.3 Å². The number of rotatable bonds is 4. The fourth-order valence-corrected chi connectivity index (χ4v) is 3.59. The number of carbonyl (C=O) groups excluding carboxylic acids is 1. The highest BCUT2D eigenvalue weighted by atomic mass is 79.9. The van der Waals surface area contributed by atoms with Crippen LogP contribution in [0, 0.1) is 0 Å². The van der Waals surface area contributed by atoms with Crippen molar-refractivity contribution in [3.8, 4) is 5.88 Å². The summed E-state index contributed by atoms with van der Waals surface area (Å²) in [5.74, 6) is 0.279. The van der Waals surface area contributed by atoms with Gasteiger partial charge in [-0.2, -0.15) is 0 Å². The third-order valence-corrected chi connectivity index (χ3v) is 5.32. The molecule has 1 saturated heterocycles. The van der Waals surface area contributed by atoms with E-state index in [0.29, 0.717) is 37.0 Å². The molecular formula is C21H26BrN3O4. The van der Waals surface area contributed by atoms with Crippen LogP contribution in [0.1, 0.15) is 45.2 Å². The summed E-state index contributed by atoms with van der Waals surface area (Å²) in [6.45, 7) is 6.96. The number of amides is 1. The lowest BCUT2D eigenvalue weighted by Gasteiger charge is -2.34. The van der Waals surface area contributed by atoms with Crippen molar-refractivity contribution in [2.24, 2.45) is 0 Å². The van der Waals surface area contributed by atoms with Gasteiger partial charge in [-0.25, -0.2) is 9.78 Å². The molecule has 7 nitrogen and oxygen atoms in total. The lowest BCUT2D eigenvalue weighted by molar-refractivity contribution is 0.0187. The Hall–Kier alpha value is -2.35. The number of hydrogen-bond donors (Lipinski definition) is 0. The van der Waals surface area contributed by atoms with E-state index in [1.165, 1.54) is 6.33 Å². The van der Waals surface area contributed by atoms with E-state index in [1.54, 1.807) is 9.47 Å². The molecule has 0 N–H and O–H groups in total. The van der Waals surface area contributed by atoms with Crippen LogP contribution in [0.25, 0.3) is 0 Å². The first-order valence-corrected chi connectivity index (χ1v) is 10.4. The van der Waals surface area contributed by atoms with Crippen LogP contribution in [0.4, 0.5) is 4.79 Å². The van der Waals surface area contributed by atoms with E-state index in [-0.39, 0.29) is 23.6 Å². The fraction of sp³-hybridized carbons (Fsp3) is 0.476. The minimum absolute atomic E-state index is 0.0202. The second-order valence-corrected chi connectivity index (χ2v) is 8.84. The molecule has 0 spiro atoms. The lowest BCUT2D eigenvalue weighted by atomic mass is 10.1. The van der Waals surface area contributed by atoms with Gasteiger partial charge in [-0.3, -0.25) is 9.36 Å². The summed E-state index contributed by atoms with van der Waals surface area (Å²) in [7, 11) is 0. The first-order valence-electron chi connectivity index (χ1n) is 9.66. The van der Waals surface area contributed by atoms with Crippen molar-refractivity contribution in [3.63, 3.8) is 0 Å². The molecule has 0 bridgehead atoms. The van der Waals surface area contributed by atoms with Crippen molar-refractivity contribution in [2.75, 3.05) is 13.1 Å². The second kappa shape index (κ2) is 8.98. The maximum atomic E-state index is 12.8. The number of piperidine rings is 1. The first-order chi connectivity index (χ1) is 13.7. The highest BCUT2D eigenvalue weighted by molar-refractivity contribution is 9.10. The zero-order valence-corrected chi connectivity index (χ0v) is 18.5. The van der Waals surface area contributed by atoms with Gasteiger partial charge >= 0.3 is 6.09 Å². The minimum Gasteiger partial charge on any atom is -0.472 e. The van der Waals surface area contributed by atoms with E-state index in [9.17, 15) is 9.59 Å². The van der Waals surface area contributed by atoms with Crippen molar-refractivity contribution in [1.29, 1.82) is 0 Å². The van der Waals surface area contributed by atoms with Gasteiger partial charge in [0.05, 0.1) is 0 Å². The number of likely N-dealkylation sites (tertiary alicyclic amines) is 1. The normalized spacial score (nSPS) is 15.2. The molecule has 156 valence electrons. The molecule has 1 aromatic carbocycles. The van der Waals surface area contributed by atoms with Gasteiger partial charge in [0.15, 0.2) is 0 Å². The van der Waals surface area contributed by atoms with E-state index in [1.807, 2.05) is 51.1 Å². The topological polar surface area (TPSA) is 73.7 Å². The first kappa shape index (κ1) is 21.4. The van der Waals surface area contributed by atoms with Crippen molar-refractivity contribution in [3.05, 3.63) is 57.0 Å². The van der Waals surface area contributed by atoms with Gasteiger partial charge in [-0.15, -0.1) is 0 Å².